The highest BCUT2D eigenvalue weighted by Crippen LogP contribution is 2.60. The molecule has 104 heavy (non-hydrogen) atoms. The second kappa shape index (κ2) is 25.8. The van der Waals surface area contributed by atoms with Crippen LogP contribution < -0.4 is 0 Å². The van der Waals surface area contributed by atoms with E-state index in [1.54, 1.807) is 0 Å². The van der Waals surface area contributed by atoms with Crippen LogP contribution in [-0.4, -0.2) is 24.9 Å². The molecule has 0 amide bonds. The molecule has 0 aliphatic heterocycles. The molecule has 0 saturated heterocycles. The predicted molar refractivity (Wildman–Crippen MR) is 424 cm³/mol. The fourth-order valence-corrected chi connectivity index (χ4v) is 16.5. The molecule has 2 aliphatic rings. The lowest BCUT2D eigenvalue weighted by Gasteiger charge is -2.34. The first-order valence-electron chi connectivity index (χ1n) is 35.5. The van der Waals surface area contributed by atoms with Crippen molar-refractivity contribution in [2.45, 2.75) is 10.8 Å². The Morgan fingerprint density at radius 3 is 0.856 bits per heavy atom. The van der Waals surface area contributed by atoms with Crippen molar-refractivity contribution in [3.63, 3.8) is 0 Å². The highest BCUT2D eigenvalue weighted by molar-refractivity contribution is 5.98. The Hall–Kier alpha value is -13.6. The highest BCUT2D eigenvalue weighted by Gasteiger charge is 2.48. The van der Waals surface area contributed by atoms with Crippen molar-refractivity contribution in [3.05, 3.63) is 439 Å². The number of nitrogens with zero attached hydrogens (tertiary/aromatic N) is 5. The minimum atomic E-state index is -0.511. The lowest BCUT2D eigenvalue weighted by Crippen LogP contribution is -2.28. The van der Waals surface area contributed by atoms with E-state index in [0.29, 0.717) is 23.3 Å². The first kappa shape index (κ1) is 61.5. The maximum Gasteiger partial charge on any atom is 0.164 e. The van der Waals surface area contributed by atoms with Crippen molar-refractivity contribution in [2.75, 3.05) is 0 Å². The van der Waals surface area contributed by atoms with Crippen molar-refractivity contribution in [2.24, 2.45) is 0 Å². The van der Waals surface area contributed by atoms with Gasteiger partial charge in [0.15, 0.2) is 23.3 Å². The molecule has 0 radical (unpaired) electrons. The lowest BCUT2D eigenvalue weighted by molar-refractivity contribution is 0.768. The van der Waals surface area contributed by atoms with Gasteiger partial charge in [-0.2, -0.15) is 0 Å². The molecule has 5 heteroatoms. The van der Waals surface area contributed by atoms with Crippen LogP contribution in [-0.2, 0) is 10.8 Å². The number of fused-ring (bicyclic) bond motifs is 6. The molecular formula is C99H65N5. The summed E-state index contributed by atoms with van der Waals surface area (Å²) in [6.07, 6.45) is 0. The molecule has 2 heterocycles. The minimum absolute atomic E-state index is 0.475. The zero-order valence-corrected chi connectivity index (χ0v) is 56.8. The van der Waals surface area contributed by atoms with Gasteiger partial charge < -0.3 is 0 Å². The molecule has 0 spiro atoms. The molecule has 0 unspecified atom stereocenters. The van der Waals surface area contributed by atoms with Gasteiger partial charge in [-0.15, -0.1) is 0 Å². The van der Waals surface area contributed by atoms with Crippen molar-refractivity contribution in [1.82, 2.24) is 24.9 Å². The summed E-state index contributed by atoms with van der Waals surface area (Å²) in [5.74, 6) is 2.43. The van der Waals surface area contributed by atoms with E-state index in [2.05, 4.69) is 370 Å². The molecule has 0 N–H and O–H groups in total. The van der Waals surface area contributed by atoms with Gasteiger partial charge in [-0.3, -0.25) is 0 Å². The van der Waals surface area contributed by atoms with E-state index in [-0.39, 0.29) is 0 Å². The molecule has 5 nitrogen and oxygen atoms in total. The molecular weight excluding hydrogens is 1260 g/mol. The van der Waals surface area contributed by atoms with Crippen molar-refractivity contribution < 1.29 is 0 Å². The smallest absolute Gasteiger partial charge is 0.164 e. The minimum Gasteiger partial charge on any atom is -0.228 e. The Balaban J connectivity index is 0.639. The second-order valence-electron chi connectivity index (χ2n) is 26.9. The molecule has 0 saturated carbocycles. The molecule has 17 aromatic rings. The molecule has 0 fully saturated rings. The largest absolute Gasteiger partial charge is 0.228 e. The third-order valence-corrected chi connectivity index (χ3v) is 21.1. The van der Waals surface area contributed by atoms with Gasteiger partial charge in [-0.25, -0.2) is 24.9 Å². The molecule has 2 aliphatic carbocycles. The number of hydrogen-bond donors (Lipinski definition) is 0. The van der Waals surface area contributed by atoms with Crippen LogP contribution in [0.1, 0.15) is 44.5 Å². The summed E-state index contributed by atoms with van der Waals surface area (Å²) in [6, 6.07) is 142. The molecule has 486 valence electrons. The first-order chi connectivity index (χ1) is 51.5. The summed E-state index contributed by atoms with van der Waals surface area (Å²) < 4.78 is 0. The van der Waals surface area contributed by atoms with Gasteiger partial charge in [0.05, 0.1) is 22.2 Å². The monoisotopic (exact) mass is 1320 g/mol. The van der Waals surface area contributed by atoms with Gasteiger partial charge in [-0.05, 0) is 136 Å². The zero-order valence-electron chi connectivity index (χ0n) is 56.8. The zero-order chi connectivity index (χ0) is 69.0. The third kappa shape index (κ3) is 10.4. The van der Waals surface area contributed by atoms with E-state index >= 15 is 0 Å². The van der Waals surface area contributed by atoms with Gasteiger partial charge in [0.25, 0.3) is 0 Å². The standard InChI is InChI=1S/C99H65N5/c1-7-28-69(29-8-1)90-65-91(101-95(100-90)77-37-25-34-74(64-77)83-49-27-53-89-93(83)85-47-20-22-51-87(85)99(89,80-42-15-5-16-43-80)81-44-17-6-18-45-81)70-60-56-67(57-61-70)73-33-24-36-76(63-73)97-103-94(71-30-9-2-10-31-71)102-96(104-97)75-35-23-32-72(62-75)66-54-58-68(59-55-66)82-48-26-52-88-92(82)84-46-19-21-50-86(84)98(88,78-38-11-3-12-39-78)79-40-13-4-14-41-79/h1-65H. The summed E-state index contributed by atoms with van der Waals surface area (Å²) in [4.78, 5) is 26.4. The maximum absolute atomic E-state index is 5.41. The Kier molecular flexibility index (Phi) is 15.3. The van der Waals surface area contributed by atoms with Crippen LogP contribution in [0.15, 0.2) is 394 Å². The first-order valence-corrected chi connectivity index (χ1v) is 35.5. The van der Waals surface area contributed by atoms with Crippen LogP contribution in [0, 0.1) is 0 Å². The fraction of sp³-hybridized carbons (Fsp3) is 0.0202. The van der Waals surface area contributed by atoms with Gasteiger partial charge >= 0.3 is 0 Å². The summed E-state index contributed by atoms with van der Waals surface area (Å²) in [5.41, 5.74) is 30.3. The average Bonchev–Trinajstić information content (AvgIpc) is 1.54. The second-order valence-corrected chi connectivity index (χ2v) is 26.9. The van der Waals surface area contributed by atoms with E-state index in [4.69, 9.17) is 24.9 Å². The molecule has 0 atom stereocenters. The Morgan fingerprint density at radius 2 is 0.423 bits per heavy atom. The fourth-order valence-electron chi connectivity index (χ4n) is 16.5. The summed E-state index contributed by atoms with van der Waals surface area (Å²) in [7, 11) is 0. The Bertz CT molecular complexity index is 5980. The third-order valence-electron chi connectivity index (χ3n) is 21.1. The number of hydrogen-bond acceptors (Lipinski definition) is 5. The topological polar surface area (TPSA) is 64.5 Å². The SMILES string of the molecule is c1ccc(-c2cc(-c3ccc(-c4cccc(-c5nc(-c6ccccc6)nc(-c6cccc(-c7ccc(-c8cccc9c8-c8ccccc8C9(c8ccccc8)c8ccccc8)cc7)c6)n5)c4)cc3)nc(-c3cccc(-c4cccc5c4-c4ccccc4C5(c4ccccc4)c4ccccc4)c3)n2)cc1. The van der Waals surface area contributed by atoms with Crippen molar-refractivity contribution in [1.29, 1.82) is 0 Å². The van der Waals surface area contributed by atoms with E-state index in [1.165, 1.54) is 72.3 Å². The Morgan fingerprint density at radius 1 is 0.154 bits per heavy atom. The molecule has 2 aromatic heterocycles. The number of aromatic nitrogens is 5. The summed E-state index contributed by atoms with van der Waals surface area (Å²) >= 11 is 0. The van der Waals surface area contributed by atoms with Crippen LogP contribution >= 0.6 is 0 Å². The van der Waals surface area contributed by atoms with E-state index in [9.17, 15) is 0 Å². The van der Waals surface area contributed by atoms with E-state index in [1.807, 2.05) is 24.3 Å². The highest BCUT2D eigenvalue weighted by atomic mass is 15.0. The molecule has 0 bridgehead atoms. The van der Waals surface area contributed by atoms with Crippen molar-refractivity contribution >= 4 is 0 Å². The normalized spacial score (nSPS) is 12.8. The molecule has 19 rings (SSSR count). The predicted octanol–water partition coefficient (Wildman–Crippen LogP) is 24.1. The lowest BCUT2D eigenvalue weighted by atomic mass is 9.67. The van der Waals surface area contributed by atoms with Crippen molar-refractivity contribution in [3.8, 4) is 135 Å². The van der Waals surface area contributed by atoms with E-state index in [0.717, 1.165) is 83.7 Å². The van der Waals surface area contributed by atoms with Crippen LogP contribution in [0.5, 0.6) is 0 Å². The quantitative estimate of drug-likeness (QED) is 0.109. The maximum atomic E-state index is 5.41. The van der Waals surface area contributed by atoms with Crippen LogP contribution in [0.3, 0.4) is 0 Å². The Labute approximate surface area is 605 Å². The number of rotatable bonds is 14. The van der Waals surface area contributed by atoms with Crippen LogP contribution in [0.4, 0.5) is 0 Å². The van der Waals surface area contributed by atoms with Gasteiger partial charge in [-0.1, -0.05) is 370 Å². The average molecular weight is 1320 g/mol. The van der Waals surface area contributed by atoms with Gasteiger partial charge in [0, 0.05) is 33.4 Å². The van der Waals surface area contributed by atoms with E-state index < -0.39 is 10.8 Å². The van der Waals surface area contributed by atoms with Crippen LogP contribution in [0.25, 0.3) is 135 Å². The summed E-state index contributed by atoms with van der Waals surface area (Å²) in [5, 5.41) is 0. The number of benzene rings is 15. The van der Waals surface area contributed by atoms with Gasteiger partial charge in [0.2, 0.25) is 0 Å². The van der Waals surface area contributed by atoms with Crippen LogP contribution in [0.2, 0.25) is 0 Å². The summed E-state index contributed by atoms with van der Waals surface area (Å²) in [6.45, 7) is 0. The molecule has 15 aromatic carbocycles. The van der Waals surface area contributed by atoms with Gasteiger partial charge in [0.1, 0.15) is 0 Å².